The molecule has 3 heterocycles. The molecule has 0 amide bonds. The van der Waals surface area contributed by atoms with Gasteiger partial charge in [-0.2, -0.15) is 16.8 Å². The minimum Gasteiger partial charge on any atom is -0.361 e. The van der Waals surface area contributed by atoms with Crippen molar-refractivity contribution in [2.75, 3.05) is 0 Å². The molecule has 8 atom stereocenters. The van der Waals surface area contributed by atoms with Crippen LogP contribution in [0.3, 0.4) is 0 Å². The molecule has 0 saturated carbocycles. The van der Waals surface area contributed by atoms with E-state index in [0.29, 0.717) is 20.4 Å². The summed E-state index contributed by atoms with van der Waals surface area (Å²) >= 11 is 6.96. The zero-order valence-corrected chi connectivity index (χ0v) is 25.8. The van der Waals surface area contributed by atoms with E-state index in [0.717, 1.165) is 0 Å². The summed E-state index contributed by atoms with van der Waals surface area (Å²) in [6.45, 7) is 6.68. The minimum absolute atomic E-state index is 0.462. The van der Waals surface area contributed by atoms with Crippen molar-refractivity contribution >= 4 is 52.7 Å². The molecule has 0 spiro atoms. The molecule has 218 valence electrons. The van der Waals surface area contributed by atoms with Crippen molar-refractivity contribution in [3.05, 3.63) is 44.6 Å². The zero-order chi connectivity index (χ0) is 28.7. The number of hydrogen-bond acceptors (Lipinski definition) is 10. The Kier molecular flexibility index (Phi) is 7.59. The highest BCUT2D eigenvalue weighted by Gasteiger charge is 2.55. The van der Waals surface area contributed by atoms with Crippen molar-refractivity contribution in [1.82, 2.24) is 4.98 Å². The van der Waals surface area contributed by atoms with Crippen LogP contribution in [-0.4, -0.2) is 79.1 Å². The Morgan fingerprint density at radius 3 is 1.44 bits per heavy atom. The number of rotatable bonds is 6. The molecular formula is C22H27Br2NO12S2. The van der Waals surface area contributed by atoms with Gasteiger partial charge in [-0.25, -0.2) is 8.37 Å². The molecule has 4 aliphatic rings. The van der Waals surface area contributed by atoms with Gasteiger partial charge in [-0.1, -0.05) is 44.0 Å². The number of aromatic amines is 1. The van der Waals surface area contributed by atoms with E-state index in [9.17, 15) is 25.9 Å². The molecule has 3 N–H and O–H groups in total. The van der Waals surface area contributed by atoms with Crippen molar-refractivity contribution in [3.63, 3.8) is 0 Å². The van der Waals surface area contributed by atoms with Crippen LogP contribution in [0.4, 0.5) is 0 Å². The van der Waals surface area contributed by atoms with Gasteiger partial charge in [-0.05, 0) is 39.8 Å². The summed E-state index contributed by atoms with van der Waals surface area (Å²) in [7, 11) is -9.77. The second kappa shape index (κ2) is 9.95. The predicted octanol–water partition coefficient (Wildman–Crippen LogP) is 3.18. The number of halogens is 2. The van der Waals surface area contributed by atoms with Gasteiger partial charge in [0.05, 0.1) is 0 Å². The molecule has 1 aromatic rings. The number of nitrogens with one attached hydrogen (secondary N) is 1. The Balaban J connectivity index is 1.52. The average Bonchev–Trinajstić information content (AvgIpc) is 3.45. The standard InChI is InChI=1S/C22H27Br2NO12S2/c1-21(2)32-17-11(23)7-9(15(19(17)34-21)36-38(26,27)28)13-5-6-14(25-13)10-8-12(24)18-20(35-22(3,4)33-18)16(10)37-39(29,30)31/h5-10,15-20,25H,1-4H3,(H,26,27,28)(H,29,30,31)/t9-,10-,15-,16-,17-,18-,19+,20+/m1/s1. The average molecular weight is 721 g/mol. The first kappa shape index (κ1) is 29.8. The van der Waals surface area contributed by atoms with Gasteiger partial charge in [0.25, 0.3) is 0 Å². The first-order valence-corrected chi connectivity index (χ1v) is 16.1. The van der Waals surface area contributed by atoms with Crippen LogP contribution < -0.4 is 0 Å². The highest BCUT2D eigenvalue weighted by molar-refractivity contribution is 9.12. The maximum Gasteiger partial charge on any atom is 0.397 e. The van der Waals surface area contributed by atoms with Crippen molar-refractivity contribution in [1.29, 1.82) is 0 Å². The molecule has 1 aromatic heterocycles. The van der Waals surface area contributed by atoms with Gasteiger partial charge in [0.1, 0.15) is 36.6 Å². The van der Waals surface area contributed by atoms with Crippen LogP contribution in [0.15, 0.2) is 33.2 Å². The van der Waals surface area contributed by atoms with Gasteiger partial charge >= 0.3 is 20.8 Å². The van der Waals surface area contributed by atoms with E-state index in [-0.39, 0.29) is 0 Å². The minimum atomic E-state index is -4.88. The van der Waals surface area contributed by atoms with E-state index in [4.69, 9.17) is 27.3 Å². The number of H-pyrrole nitrogens is 1. The largest absolute Gasteiger partial charge is 0.397 e. The molecule has 13 nitrogen and oxygen atoms in total. The fraction of sp³-hybridized carbons (Fsp3) is 0.636. The Labute approximate surface area is 242 Å². The monoisotopic (exact) mass is 719 g/mol. The van der Waals surface area contributed by atoms with E-state index in [2.05, 4.69) is 36.8 Å². The molecule has 2 aliphatic heterocycles. The quantitative estimate of drug-likeness (QED) is 0.366. The Morgan fingerprint density at radius 1 is 0.744 bits per heavy atom. The third-order valence-corrected chi connectivity index (χ3v) is 9.11. The van der Waals surface area contributed by atoms with E-state index in [1.54, 1.807) is 52.0 Å². The second-order valence-electron chi connectivity index (χ2n) is 10.5. The highest BCUT2D eigenvalue weighted by atomic mass is 79.9. The van der Waals surface area contributed by atoms with E-state index in [1.165, 1.54) is 0 Å². The van der Waals surface area contributed by atoms with Crippen molar-refractivity contribution < 1.29 is 53.3 Å². The summed E-state index contributed by atoms with van der Waals surface area (Å²) in [6.07, 6.45) is -2.21. The lowest BCUT2D eigenvalue weighted by atomic mass is 9.86. The molecule has 0 bridgehead atoms. The number of aromatic nitrogens is 1. The first-order chi connectivity index (χ1) is 17.8. The van der Waals surface area contributed by atoms with Gasteiger partial charge < -0.3 is 23.9 Å². The second-order valence-corrected chi connectivity index (χ2v) is 14.5. The number of ether oxygens (including phenoxy) is 4. The van der Waals surface area contributed by atoms with Gasteiger partial charge in [0, 0.05) is 32.2 Å². The summed E-state index contributed by atoms with van der Waals surface area (Å²) in [6, 6.07) is 3.32. The molecule has 0 radical (unpaired) electrons. The molecule has 39 heavy (non-hydrogen) atoms. The molecule has 2 aliphatic carbocycles. The van der Waals surface area contributed by atoms with Gasteiger partial charge in [-0.15, -0.1) is 0 Å². The maximum absolute atomic E-state index is 11.8. The normalized spacial score (nSPS) is 37.6. The van der Waals surface area contributed by atoms with Crippen LogP contribution in [0.5, 0.6) is 0 Å². The van der Waals surface area contributed by atoms with Crippen LogP contribution in [0, 0.1) is 0 Å². The van der Waals surface area contributed by atoms with Gasteiger partial charge in [0.15, 0.2) is 11.6 Å². The molecule has 0 aromatic carbocycles. The van der Waals surface area contributed by atoms with Crippen LogP contribution in [-0.2, 0) is 48.1 Å². The van der Waals surface area contributed by atoms with Crippen molar-refractivity contribution in [3.8, 4) is 0 Å². The van der Waals surface area contributed by atoms with Gasteiger partial charge in [0.2, 0.25) is 0 Å². The molecule has 17 heteroatoms. The Bertz CT molecular complexity index is 1320. The summed E-state index contributed by atoms with van der Waals surface area (Å²) in [4.78, 5) is 3.19. The van der Waals surface area contributed by atoms with Gasteiger partial charge in [-0.3, -0.25) is 9.11 Å². The third kappa shape index (κ3) is 6.24. The molecule has 5 rings (SSSR count). The van der Waals surface area contributed by atoms with E-state index >= 15 is 0 Å². The molecule has 2 fully saturated rings. The lowest BCUT2D eigenvalue weighted by Crippen LogP contribution is -2.45. The molecule has 2 saturated heterocycles. The summed E-state index contributed by atoms with van der Waals surface area (Å²) in [5, 5.41) is 0. The molecule has 0 unspecified atom stereocenters. The van der Waals surface area contributed by atoms with Crippen molar-refractivity contribution in [2.45, 2.75) is 87.7 Å². The highest BCUT2D eigenvalue weighted by Crippen LogP contribution is 2.48. The summed E-state index contributed by atoms with van der Waals surface area (Å²) in [5.41, 5.74) is 0.923. The fourth-order valence-corrected chi connectivity index (χ4v) is 7.78. The smallest absolute Gasteiger partial charge is 0.361 e. The lowest BCUT2D eigenvalue weighted by Gasteiger charge is -2.35. The van der Waals surface area contributed by atoms with Crippen LogP contribution in [0.2, 0.25) is 0 Å². The Morgan fingerprint density at radius 2 is 1.10 bits per heavy atom. The summed E-state index contributed by atoms with van der Waals surface area (Å²) < 4.78 is 101. The lowest BCUT2D eigenvalue weighted by molar-refractivity contribution is -0.152. The summed E-state index contributed by atoms with van der Waals surface area (Å²) in [5.74, 6) is -3.65. The Hall–Kier alpha value is -0.700. The van der Waals surface area contributed by atoms with Crippen molar-refractivity contribution in [2.24, 2.45) is 0 Å². The maximum atomic E-state index is 11.8. The van der Waals surface area contributed by atoms with Crippen LogP contribution >= 0.6 is 31.9 Å². The number of hydrogen-bond donors (Lipinski definition) is 3. The zero-order valence-electron chi connectivity index (χ0n) is 21.0. The topological polar surface area (TPSA) is 180 Å². The third-order valence-electron chi connectivity index (χ3n) is 6.75. The van der Waals surface area contributed by atoms with Crippen LogP contribution in [0.25, 0.3) is 0 Å². The predicted molar refractivity (Wildman–Crippen MR) is 141 cm³/mol. The molecular weight excluding hydrogens is 694 g/mol. The van der Waals surface area contributed by atoms with Crippen LogP contribution in [0.1, 0.15) is 50.9 Å². The number of fused-ring (bicyclic) bond motifs is 2. The SMILES string of the molecule is CC1(C)O[C@H]2[C@H](OS(=O)(=O)O)[C@@H](c3ccc([C@H]4C=C(Br)[C@H]5OC(C)(C)O[C@H]5[C@@H]4OS(=O)(=O)O)[nH]3)C=C(Br)[C@H]2O1. The first-order valence-electron chi connectivity index (χ1n) is 11.8. The van der Waals surface area contributed by atoms with E-state index < -0.39 is 80.8 Å². The fourth-order valence-electron chi connectivity index (χ4n) is 5.48. The van der Waals surface area contributed by atoms with E-state index in [1.807, 2.05) is 0 Å².